The molecule has 4 rings (SSSR count). The number of nitrogens with one attached hydrogen (secondary N) is 1. The van der Waals surface area contributed by atoms with Crippen LogP contribution in [0.2, 0.25) is 0 Å². The average molecular weight is 541 g/mol. The number of hydrogen-bond acceptors (Lipinski definition) is 4. The highest BCUT2D eigenvalue weighted by Gasteiger charge is 2.34. The maximum atomic E-state index is 13.8. The summed E-state index contributed by atoms with van der Waals surface area (Å²) in [5.74, 6) is -1.41. The molecule has 1 aliphatic rings. The fraction of sp³-hybridized carbons (Fsp3) is 0.310. The quantitative estimate of drug-likeness (QED) is 0.330. The van der Waals surface area contributed by atoms with E-state index in [1.165, 1.54) is 4.90 Å². The third-order valence-corrected chi connectivity index (χ3v) is 6.54. The lowest BCUT2D eigenvalue weighted by Gasteiger charge is -2.26. The Morgan fingerprint density at radius 2 is 1.90 bits per heavy atom. The first-order valence-electron chi connectivity index (χ1n) is 12.6. The first-order valence-corrected chi connectivity index (χ1v) is 12.6. The summed E-state index contributed by atoms with van der Waals surface area (Å²) in [6, 6.07) is 18.1. The predicted octanol–water partition coefficient (Wildman–Crippen LogP) is 6.53. The van der Waals surface area contributed by atoms with E-state index in [0.717, 1.165) is 36.7 Å². The molecule has 204 valence electrons. The van der Waals surface area contributed by atoms with Crippen LogP contribution in [0.25, 0.3) is 11.1 Å². The normalized spacial score (nSPS) is 15.6. The Hall–Kier alpha value is -3.94. The molecule has 3 aromatic carbocycles. The Balaban J connectivity index is 1.56. The van der Waals surface area contributed by atoms with Gasteiger partial charge in [0.05, 0.1) is 23.3 Å². The molecule has 0 aliphatic carbocycles. The Labute approximate surface area is 224 Å². The summed E-state index contributed by atoms with van der Waals surface area (Å²) in [5.41, 5.74) is 1.11. The molecule has 10 heteroatoms. The minimum atomic E-state index is -4.89. The topological polar surface area (TPSA) is 68.6 Å². The van der Waals surface area contributed by atoms with E-state index in [1.807, 2.05) is 25.1 Å². The predicted molar refractivity (Wildman–Crippen MR) is 141 cm³/mol. The molecule has 3 aromatic rings. The average Bonchev–Trinajstić information content (AvgIpc) is 3.37. The number of nitrogens with zero attached hydrogens (tertiary/aromatic N) is 3. The monoisotopic (exact) mass is 540 g/mol. The standard InChI is InChI=1S/C29H28F4N4O2/c1-2-39-25-12-13-36(19-25)14-15-37(28(38)35-23-8-11-27(30)26(17-23)29(31,32)33)24-9-6-21(7-10-24)22-5-3-4-20(16-22)18-34/h3-11,16-17,25H,2,12-15,19H2,1H3,(H,35,38)/t25-/m1/s1. The number of amides is 2. The van der Waals surface area contributed by atoms with Crippen molar-refractivity contribution in [3.8, 4) is 17.2 Å². The zero-order valence-corrected chi connectivity index (χ0v) is 21.3. The van der Waals surface area contributed by atoms with Gasteiger partial charge in [-0.25, -0.2) is 9.18 Å². The van der Waals surface area contributed by atoms with Crippen molar-refractivity contribution in [1.82, 2.24) is 4.90 Å². The zero-order chi connectivity index (χ0) is 28.0. The van der Waals surface area contributed by atoms with Crippen LogP contribution in [0.5, 0.6) is 0 Å². The molecule has 1 saturated heterocycles. The molecule has 0 aromatic heterocycles. The van der Waals surface area contributed by atoms with Gasteiger partial charge in [-0.2, -0.15) is 18.4 Å². The highest BCUT2D eigenvalue weighted by atomic mass is 19.4. The lowest BCUT2D eigenvalue weighted by molar-refractivity contribution is -0.139. The van der Waals surface area contributed by atoms with Crippen LogP contribution < -0.4 is 10.2 Å². The van der Waals surface area contributed by atoms with Crippen molar-refractivity contribution in [1.29, 1.82) is 5.26 Å². The van der Waals surface area contributed by atoms with Crippen LogP contribution in [-0.2, 0) is 10.9 Å². The zero-order valence-electron chi connectivity index (χ0n) is 21.3. The summed E-state index contributed by atoms with van der Waals surface area (Å²) in [6.45, 7) is 4.88. The minimum absolute atomic E-state index is 0.126. The molecular formula is C29H28F4N4O2. The number of halogens is 4. The number of nitriles is 1. The molecule has 6 nitrogen and oxygen atoms in total. The minimum Gasteiger partial charge on any atom is -0.377 e. The first kappa shape index (κ1) is 28.1. The smallest absolute Gasteiger partial charge is 0.377 e. The van der Waals surface area contributed by atoms with Crippen LogP contribution in [-0.4, -0.2) is 49.8 Å². The van der Waals surface area contributed by atoms with E-state index < -0.39 is 23.6 Å². The highest BCUT2D eigenvalue weighted by Crippen LogP contribution is 2.33. The SMILES string of the molecule is CCO[C@@H]1CCN(CCN(C(=O)Nc2ccc(F)c(C(F)(F)F)c2)c2ccc(-c3cccc(C#N)c3)cc2)C1. The van der Waals surface area contributed by atoms with Gasteiger partial charge >= 0.3 is 12.2 Å². The lowest BCUT2D eigenvalue weighted by atomic mass is 10.0. The van der Waals surface area contributed by atoms with Crippen LogP contribution in [0.3, 0.4) is 0 Å². The van der Waals surface area contributed by atoms with Gasteiger partial charge in [-0.1, -0.05) is 24.3 Å². The van der Waals surface area contributed by atoms with Crippen molar-refractivity contribution in [2.75, 3.05) is 43.0 Å². The number of likely N-dealkylation sites (tertiary alicyclic amines) is 1. The molecule has 1 atom stereocenters. The number of hydrogen-bond donors (Lipinski definition) is 1. The van der Waals surface area contributed by atoms with E-state index in [1.54, 1.807) is 30.3 Å². The third-order valence-electron chi connectivity index (χ3n) is 6.54. The van der Waals surface area contributed by atoms with Crippen molar-refractivity contribution in [2.45, 2.75) is 25.6 Å². The van der Waals surface area contributed by atoms with E-state index in [2.05, 4.69) is 16.3 Å². The van der Waals surface area contributed by atoms with Gasteiger partial charge in [0.25, 0.3) is 0 Å². The molecule has 1 fully saturated rings. The number of urea groups is 1. The van der Waals surface area contributed by atoms with Gasteiger partial charge < -0.3 is 10.1 Å². The molecule has 1 N–H and O–H groups in total. The highest BCUT2D eigenvalue weighted by molar-refractivity contribution is 6.02. The molecule has 2 amide bonds. The number of benzene rings is 3. The van der Waals surface area contributed by atoms with Crippen LogP contribution in [0.1, 0.15) is 24.5 Å². The summed E-state index contributed by atoms with van der Waals surface area (Å²) in [6.07, 6.45) is -3.89. The van der Waals surface area contributed by atoms with Crippen LogP contribution >= 0.6 is 0 Å². The summed E-state index contributed by atoms with van der Waals surface area (Å²) >= 11 is 0. The van der Waals surface area contributed by atoms with Crippen LogP contribution in [0.15, 0.2) is 66.7 Å². The number of rotatable bonds is 8. The molecule has 39 heavy (non-hydrogen) atoms. The van der Waals surface area contributed by atoms with E-state index in [4.69, 9.17) is 4.74 Å². The fourth-order valence-corrected chi connectivity index (χ4v) is 4.57. The van der Waals surface area contributed by atoms with Crippen molar-refractivity contribution in [3.05, 3.63) is 83.7 Å². The Bertz CT molecular complexity index is 1340. The molecule has 0 radical (unpaired) electrons. The van der Waals surface area contributed by atoms with Crippen molar-refractivity contribution in [2.24, 2.45) is 0 Å². The fourth-order valence-electron chi connectivity index (χ4n) is 4.57. The van der Waals surface area contributed by atoms with E-state index in [0.29, 0.717) is 36.5 Å². The van der Waals surface area contributed by atoms with Gasteiger partial charge in [0.2, 0.25) is 0 Å². The summed E-state index contributed by atoms with van der Waals surface area (Å²) < 4.78 is 59.0. The lowest BCUT2D eigenvalue weighted by Crippen LogP contribution is -2.41. The van der Waals surface area contributed by atoms with Crippen LogP contribution in [0.4, 0.5) is 33.7 Å². The second-order valence-corrected chi connectivity index (χ2v) is 9.18. The second-order valence-electron chi connectivity index (χ2n) is 9.18. The van der Waals surface area contributed by atoms with Gasteiger partial charge in [0, 0.05) is 44.2 Å². The molecule has 0 bridgehead atoms. The number of carbonyl (C=O) groups is 1. The number of ether oxygens (including phenoxy) is 1. The number of carbonyl (C=O) groups excluding carboxylic acids is 1. The van der Waals surface area contributed by atoms with Crippen molar-refractivity contribution in [3.63, 3.8) is 0 Å². The van der Waals surface area contributed by atoms with Crippen molar-refractivity contribution >= 4 is 17.4 Å². The molecule has 1 heterocycles. The molecular weight excluding hydrogens is 512 g/mol. The summed E-state index contributed by atoms with van der Waals surface area (Å²) in [4.78, 5) is 16.9. The van der Waals surface area contributed by atoms with Gasteiger partial charge in [0.1, 0.15) is 5.82 Å². The largest absolute Gasteiger partial charge is 0.419 e. The van der Waals surface area contributed by atoms with E-state index in [-0.39, 0.29) is 18.3 Å². The number of anilines is 2. The second kappa shape index (κ2) is 12.3. The summed E-state index contributed by atoms with van der Waals surface area (Å²) in [5, 5.41) is 11.7. The van der Waals surface area contributed by atoms with E-state index >= 15 is 0 Å². The van der Waals surface area contributed by atoms with Crippen molar-refractivity contribution < 1.29 is 27.1 Å². The van der Waals surface area contributed by atoms with E-state index in [9.17, 15) is 27.6 Å². The Kier molecular flexibility index (Phi) is 8.84. The maximum Gasteiger partial charge on any atom is 0.419 e. The summed E-state index contributed by atoms with van der Waals surface area (Å²) in [7, 11) is 0. The Morgan fingerprint density at radius 3 is 2.59 bits per heavy atom. The Morgan fingerprint density at radius 1 is 1.13 bits per heavy atom. The molecule has 0 unspecified atom stereocenters. The number of alkyl halides is 3. The molecule has 0 saturated carbocycles. The van der Waals surface area contributed by atoms with Gasteiger partial charge in [-0.05, 0) is 66.9 Å². The van der Waals surface area contributed by atoms with Gasteiger partial charge in [0.15, 0.2) is 0 Å². The van der Waals surface area contributed by atoms with Gasteiger partial charge in [-0.15, -0.1) is 0 Å². The first-order chi connectivity index (χ1) is 18.7. The maximum absolute atomic E-state index is 13.8. The third kappa shape index (κ3) is 7.13. The van der Waals surface area contributed by atoms with Gasteiger partial charge in [-0.3, -0.25) is 9.80 Å². The molecule has 1 aliphatic heterocycles. The van der Waals surface area contributed by atoms with Crippen LogP contribution in [0, 0.1) is 17.1 Å². The molecule has 0 spiro atoms.